The fourth-order valence-electron chi connectivity index (χ4n) is 1.11. The van der Waals surface area contributed by atoms with E-state index >= 15 is 0 Å². The molecule has 0 aromatic heterocycles. The lowest BCUT2D eigenvalue weighted by atomic mass is 10.1. The molecule has 5 nitrogen and oxygen atoms in total. The summed E-state index contributed by atoms with van der Waals surface area (Å²) in [6.07, 6.45) is 0.503. The molecular weight excluding hydrogens is 196 g/mol. The maximum absolute atomic E-state index is 11.0. The summed E-state index contributed by atoms with van der Waals surface area (Å²) in [5, 5.41) is 8.58. The number of amides is 1. The van der Waals surface area contributed by atoms with Crippen molar-refractivity contribution >= 4 is 11.6 Å². The molecule has 15 heavy (non-hydrogen) atoms. The normalized spacial score (nSPS) is 9.93. The van der Waals surface area contributed by atoms with Gasteiger partial charge in [-0.3, -0.25) is 4.79 Å². The Kier molecular flexibility index (Phi) is 3.93. The number of anilines is 1. The van der Waals surface area contributed by atoms with Gasteiger partial charge in [0, 0.05) is 18.7 Å². The van der Waals surface area contributed by atoms with Crippen molar-refractivity contribution in [3.63, 3.8) is 0 Å². The first kappa shape index (κ1) is 11.3. The number of nitrogen functional groups attached to an aromatic ring is 1. The second-order valence-corrected chi connectivity index (χ2v) is 3.05. The lowest BCUT2D eigenvalue weighted by Gasteiger charge is -2.09. The minimum absolute atomic E-state index is 0.0425. The van der Waals surface area contributed by atoms with Gasteiger partial charge in [-0.25, -0.2) is 0 Å². The van der Waals surface area contributed by atoms with Gasteiger partial charge in [0.1, 0.15) is 5.75 Å². The molecule has 1 rings (SSSR count). The summed E-state index contributed by atoms with van der Waals surface area (Å²) in [5.41, 5.74) is 11.4. The first-order chi connectivity index (χ1) is 7.15. The van der Waals surface area contributed by atoms with E-state index in [9.17, 15) is 4.79 Å². The summed E-state index contributed by atoms with van der Waals surface area (Å²) < 4.78 is 5.28. The highest BCUT2D eigenvalue weighted by Crippen LogP contribution is 2.20. The Bertz CT molecular complexity index is 353. The molecule has 0 unspecified atom stereocenters. The van der Waals surface area contributed by atoms with Crippen LogP contribution in [-0.4, -0.2) is 24.2 Å². The number of rotatable bonds is 5. The summed E-state index contributed by atoms with van der Waals surface area (Å²) in [6.45, 7) is 0.377. The van der Waals surface area contributed by atoms with Crippen LogP contribution >= 0.6 is 0 Å². The Hall–Kier alpha value is -1.75. The number of aliphatic hydroxyl groups is 1. The average Bonchev–Trinajstić information content (AvgIpc) is 2.20. The quantitative estimate of drug-likeness (QED) is 0.475. The van der Waals surface area contributed by atoms with E-state index in [4.69, 9.17) is 21.3 Å². The van der Waals surface area contributed by atoms with Crippen molar-refractivity contribution in [2.75, 3.05) is 18.9 Å². The molecule has 0 aliphatic heterocycles. The molecule has 1 amide bonds. The van der Waals surface area contributed by atoms with Gasteiger partial charge in [-0.05, 0) is 18.2 Å². The zero-order valence-corrected chi connectivity index (χ0v) is 8.27. The van der Waals surface area contributed by atoms with Crippen LogP contribution in [0.5, 0.6) is 5.75 Å². The van der Waals surface area contributed by atoms with Crippen molar-refractivity contribution in [3.8, 4) is 5.75 Å². The third-order valence-corrected chi connectivity index (χ3v) is 1.83. The second kappa shape index (κ2) is 5.21. The molecule has 0 bridgehead atoms. The Balaban J connectivity index is 2.81. The monoisotopic (exact) mass is 210 g/mol. The summed E-state index contributed by atoms with van der Waals surface area (Å²) >= 11 is 0. The maximum atomic E-state index is 11.0. The lowest BCUT2D eigenvalue weighted by Crippen LogP contribution is -2.14. The Morgan fingerprint density at radius 1 is 1.47 bits per heavy atom. The summed E-state index contributed by atoms with van der Waals surface area (Å²) in [5.74, 6) is -0.188. The smallest absolute Gasteiger partial charge is 0.252 e. The van der Waals surface area contributed by atoms with Gasteiger partial charge in [-0.2, -0.15) is 0 Å². The molecule has 0 radical (unpaired) electrons. The molecular formula is C10H14N2O3. The van der Waals surface area contributed by atoms with Crippen molar-refractivity contribution in [2.24, 2.45) is 5.73 Å². The molecule has 0 heterocycles. The minimum Gasteiger partial charge on any atom is -0.493 e. The number of carbonyl (C=O) groups excluding carboxylic acids is 1. The van der Waals surface area contributed by atoms with Crippen molar-refractivity contribution < 1.29 is 14.6 Å². The van der Waals surface area contributed by atoms with E-state index in [-0.39, 0.29) is 12.2 Å². The zero-order chi connectivity index (χ0) is 11.3. The molecule has 0 saturated carbocycles. The predicted molar refractivity (Wildman–Crippen MR) is 56.6 cm³/mol. The SMILES string of the molecule is NC(=O)c1cc(N)ccc1OCCCO. The number of carbonyl (C=O) groups is 1. The number of primary amides is 1. The fourth-order valence-corrected chi connectivity index (χ4v) is 1.11. The van der Waals surface area contributed by atoms with Gasteiger partial charge in [0.15, 0.2) is 0 Å². The van der Waals surface area contributed by atoms with Gasteiger partial charge in [0.2, 0.25) is 0 Å². The van der Waals surface area contributed by atoms with Crippen molar-refractivity contribution in [2.45, 2.75) is 6.42 Å². The topological polar surface area (TPSA) is 98.6 Å². The molecule has 0 aliphatic rings. The van der Waals surface area contributed by atoms with Crippen LogP contribution in [0.2, 0.25) is 0 Å². The molecule has 1 aromatic rings. The van der Waals surface area contributed by atoms with Crippen LogP contribution in [0.25, 0.3) is 0 Å². The molecule has 1 aromatic carbocycles. The highest BCUT2D eigenvalue weighted by atomic mass is 16.5. The van der Waals surface area contributed by atoms with Crippen molar-refractivity contribution in [3.05, 3.63) is 23.8 Å². The Morgan fingerprint density at radius 2 is 2.20 bits per heavy atom. The van der Waals surface area contributed by atoms with Crippen LogP contribution in [0.3, 0.4) is 0 Å². The van der Waals surface area contributed by atoms with E-state index < -0.39 is 5.91 Å². The molecule has 0 saturated heterocycles. The van der Waals surface area contributed by atoms with E-state index in [1.165, 1.54) is 6.07 Å². The third kappa shape index (κ3) is 3.14. The van der Waals surface area contributed by atoms with Crippen molar-refractivity contribution in [1.29, 1.82) is 0 Å². The fraction of sp³-hybridized carbons (Fsp3) is 0.300. The predicted octanol–water partition coefficient (Wildman–Crippen LogP) is 0.129. The van der Waals surface area contributed by atoms with E-state index in [1.54, 1.807) is 12.1 Å². The van der Waals surface area contributed by atoms with Gasteiger partial charge >= 0.3 is 0 Å². The number of hydrogen-bond acceptors (Lipinski definition) is 4. The highest BCUT2D eigenvalue weighted by Gasteiger charge is 2.09. The van der Waals surface area contributed by atoms with E-state index in [2.05, 4.69) is 0 Å². The first-order valence-corrected chi connectivity index (χ1v) is 4.58. The lowest BCUT2D eigenvalue weighted by molar-refractivity contribution is 0.0996. The van der Waals surface area contributed by atoms with Crippen LogP contribution in [0.1, 0.15) is 16.8 Å². The van der Waals surface area contributed by atoms with Crippen LogP contribution in [0, 0.1) is 0 Å². The van der Waals surface area contributed by atoms with Gasteiger partial charge < -0.3 is 21.3 Å². The molecule has 0 spiro atoms. The number of ether oxygens (including phenoxy) is 1. The van der Waals surface area contributed by atoms with Crippen LogP contribution in [-0.2, 0) is 0 Å². The maximum Gasteiger partial charge on any atom is 0.252 e. The highest BCUT2D eigenvalue weighted by molar-refractivity contribution is 5.96. The Morgan fingerprint density at radius 3 is 2.80 bits per heavy atom. The van der Waals surface area contributed by atoms with Gasteiger partial charge in [-0.1, -0.05) is 0 Å². The van der Waals surface area contributed by atoms with Gasteiger partial charge in [0.05, 0.1) is 12.2 Å². The summed E-state index contributed by atoms with van der Waals surface area (Å²) in [7, 11) is 0. The molecule has 5 N–H and O–H groups in total. The third-order valence-electron chi connectivity index (χ3n) is 1.83. The first-order valence-electron chi connectivity index (χ1n) is 4.58. The molecule has 0 atom stereocenters. The summed E-state index contributed by atoms with van der Waals surface area (Å²) in [6, 6.07) is 4.68. The number of nitrogens with two attached hydrogens (primary N) is 2. The number of hydrogen-bond donors (Lipinski definition) is 3. The molecule has 0 fully saturated rings. The molecule has 5 heteroatoms. The minimum atomic E-state index is -0.582. The molecule has 82 valence electrons. The largest absolute Gasteiger partial charge is 0.493 e. The van der Waals surface area contributed by atoms with Crippen molar-refractivity contribution in [1.82, 2.24) is 0 Å². The number of aliphatic hydroxyl groups excluding tert-OH is 1. The summed E-state index contributed by atoms with van der Waals surface area (Å²) in [4.78, 5) is 11.0. The van der Waals surface area contributed by atoms with E-state index in [0.717, 1.165) is 0 Å². The van der Waals surface area contributed by atoms with Gasteiger partial charge in [-0.15, -0.1) is 0 Å². The van der Waals surface area contributed by atoms with Crippen LogP contribution in [0.15, 0.2) is 18.2 Å². The second-order valence-electron chi connectivity index (χ2n) is 3.05. The number of benzene rings is 1. The van der Waals surface area contributed by atoms with Gasteiger partial charge in [0.25, 0.3) is 5.91 Å². The van der Waals surface area contributed by atoms with Crippen LogP contribution < -0.4 is 16.2 Å². The van der Waals surface area contributed by atoms with Crippen LogP contribution in [0.4, 0.5) is 5.69 Å². The molecule has 0 aliphatic carbocycles. The average molecular weight is 210 g/mol. The van der Waals surface area contributed by atoms with E-state index in [0.29, 0.717) is 24.5 Å². The Labute approximate surface area is 87.6 Å². The standard InChI is InChI=1S/C10H14N2O3/c11-7-2-3-9(15-5-1-4-13)8(6-7)10(12)14/h2-3,6,13H,1,4-5,11H2,(H2,12,14). The zero-order valence-electron chi connectivity index (χ0n) is 8.27. The van der Waals surface area contributed by atoms with E-state index in [1.807, 2.05) is 0 Å².